The highest BCUT2D eigenvalue weighted by molar-refractivity contribution is 7.98. The van der Waals surface area contributed by atoms with E-state index in [9.17, 15) is 13.2 Å². The lowest BCUT2D eigenvalue weighted by atomic mass is 10.0. The molecule has 18 heavy (non-hydrogen) atoms. The molecule has 0 aliphatic carbocycles. The van der Waals surface area contributed by atoms with Crippen LogP contribution < -0.4 is 10.5 Å². The van der Waals surface area contributed by atoms with Gasteiger partial charge in [0.15, 0.2) is 0 Å². The Hall–Kier alpha value is -0.880. The third-order valence-corrected chi connectivity index (χ3v) is 2.99. The van der Waals surface area contributed by atoms with Crippen LogP contribution in [0.3, 0.4) is 0 Å². The molecule has 0 saturated heterocycles. The third kappa shape index (κ3) is 6.16. The topological polar surface area (TPSA) is 35.2 Å². The lowest BCUT2D eigenvalue weighted by molar-refractivity contribution is -0.274. The van der Waals surface area contributed by atoms with E-state index >= 15 is 0 Å². The van der Waals surface area contributed by atoms with Gasteiger partial charge in [-0.15, -0.1) is 13.2 Å². The quantitative estimate of drug-likeness (QED) is 0.868. The maximum atomic E-state index is 11.9. The zero-order chi connectivity index (χ0) is 13.6. The van der Waals surface area contributed by atoms with Crippen LogP contribution >= 0.6 is 11.8 Å². The molecule has 0 aliphatic rings. The Kier molecular flexibility index (Phi) is 5.81. The van der Waals surface area contributed by atoms with Crippen LogP contribution in [-0.4, -0.2) is 24.4 Å². The fourth-order valence-electron chi connectivity index (χ4n) is 1.50. The molecule has 1 aromatic carbocycles. The van der Waals surface area contributed by atoms with Crippen molar-refractivity contribution < 1.29 is 17.9 Å². The molecule has 0 bridgehead atoms. The normalized spacial score (nSPS) is 13.4. The maximum Gasteiger partial charge on any atom is 0.573 e. The van der Waals surface area contributed by atoms with Crippen molar-refractivity contribution >= 4 is 11.8 Å². The summed E-state index contributed by atoms with van der Waals surface area (Å²) in [6, 6.07) is 5.88. The summed E-state index contributed by atoms with van der Waals surface area (Å²) >= 11 is 1.72. The van der Waals surface area contributed by atoms with Crippen molar-refractivity contribution in [2.24, 2.45) is 5.73 Å². The minimum Gasteiger partial charge on any atom is -0.406 e. The van der Waals surface area contributed by atoms with Gasteiger partial charge in [-0.3, -0.25) is 0 Å². The van der Waals surface area contributed by atoms with E-state index in [2.05, 4.69) is 4.74 Å². The molecule has 0 heterocycles. The first-order valence-electron chi connectivity index (χ1n) is 5.50. The summed E-state index contributed by atoms with van der Waals surface area (Å²) in [6.07, 6.45) is -1.08. The molecule has 2 N–H and O–H groups in total. The van der Waals surface area contributed by atoms with Gasteiger partial charge in [0.2, 0.25) is 0 Å². The smallest absolute Gasteiger partial charge is 0.406 e. The Balaban J connectivity index is 2.50. The zero-order valence-corrected chi connectivity index (χ0v) is 10.9. The van der Waals surface area contributed by atoms with Crippen molar-refractivity contribution in [3.05, 3.63) is 29.8 Å². The van der Waals surface area contributed by atoms with Gasteiger partial charge in [0.05, 0.1) is 0 Å². The van der Waals surface area contributed by atoms with Crippen LogP contribution in [0.2, 0.25) is 0 Å². The zero-order valence-electron chi connectivity index (χ0n) is 10.0. The number of hydrogen-bond acceptors (Lipinski definition) is 3. The SMILES string of the molecule is CSCCC(N)Cc1ccc(OC(F)(F)F)cc1. The lowest BCUT2D eigenvalue weighted by Crippen LogP contribution is -2.23. The Morgan fingerprint density at radius 1 is 1.28 bits per heavy atom. The van der Waals surface area contributed by atoms with E-state index in [-0.39, 0.29) is 11.8 Å². The minimum atomic E-state index is -4.64. The van der Waals surface area contributed by atoms with Crippen LogP contribution in [0.5, 0.6) is 5.75 Å². The summed E-state index contributed by atoms with van der Waals surface area (Å²) in [5, 5.41) is 0. The van der Waals surface area contributed by atoms with E-state index in [0.29, 0.717) is 6.42 Å². The van der Waals surface area contributed by atoms with E-state index in [0.717, 1.165) is 17.7 Å². The van der Waals surface area contributed by atoms with Crippen LogP contribution in [0.25, 0.3) is 0 Å². The second kappa shape index (κ2) is 6.89. The van der Waals surface area contributed by atoms with E-state index in [1.54, 1.807) is 23.9 Å². The van der Waals surface area contributed by atoms with E-state index in [4.69, 9.17) is 5.73 Å². The monoisotopic (exact) mass is 279 g/mol. The van der Waals surface area contributed by atoms with Crippen molar-refractivity contribution in [2.45, 2.75) is 25.2 Å². The number of hydrogen-bond donors (Lipinski definition) is 1. The first-order chi connectivity index (χ1) is 8.40. The molecule has 102 valence electrons. The third-order valence-electron chi connectivity index (χ3n) is 2.35. The number of thioether (sulfide) groups is 1. The van der Waals surface area contributed by atoms with Gasteiger partial charge in [-0.25, -0.2) is 0 Å². The molecule has 0 aromatic heterocycles. The van der Waals surface area contributed by atoms with Crippen LogP contribution in [-0.2, 0) is 6.42 Å². The molecular formula is C12H16F3NOS. The number of benzene rings is 1. The molecule has 0 spiro atoms. The number of nitrogens with two attached hydrogens (primary N) is 1. The van der Waals surface area contributed by atoms with Crippen LogP contribution in [0, 0.1) is 0 Å². The summed E-state index contributed by atoms with van der Waals surface area (Å²) in [6.45, 7) is 0. The molecule has 6 heteroatoms. The molecule has 0 fully saturated rings. The summed E-state index contributed by atoms with van der Waals surface area (Å²) in [5.41, 5.74) is 6.82. The van der Waals surface area contributed by atoms with Gasteiger partial charge in [0, 0.05) is 6.04 Å². The number of alkyl halides is 3. The van der Waals surface area contributed by atoms with Crippen molar-refractivity contribution in [1.82, 2.24) is 0 Å². The molecular weight excluding hydrogens is 263 g/mol. The van der Waals surface area contributed by atoms with Crippen molar-refractivity contribution in [2.75, 3.05) is 12.0 Å². The highest BCUT2D eigenvalue weighted by Crippen LogP contribution is 2.23. The Bertz CT molecular complexity index is 353. The summed E-state index contributed by atoms with van der Waals surface area (Å²) in [7, 11) is 0. The molecule has 1 aromatic rings. The molecule has 0 aliphatic heterocycles. The van der Waals surface area contributed by atoms with Crippen LogP contribution in [0.15, 0.2) is 24.3 Å². The Labute approximate surface area is 109 Å². The van der Waals surface area contributed by atoms with E-state index < -0.39 is 6.36 Å². The second-order valence-electron chi connectivity index (χ2n) is 3.94. The average Bonchev–Trinajstić information content (AvgIpc) is 2.27. The summed E-state index contributed by atoms with van der Waals surface area (Å²) in [5.74, 6) is 0.778. The lowest BCUT2D eigenvalue weighted by Gasteiger charge is -2.12. The van der Waals surface area contributed by atoms with E-state index in [1.165, 1.54) is 12.1 Å². The molecule has 1 unspecified atom stereocenters. The van der Waals surface area contributed by atoms with Crippen LogP contribution in [0.4, 0.5) is 13.2 Å². The Morgan fingerprint density at radius 2 is 1.89 bits per heavy atom. The second-order valence-corrected chi connectivity index (χ2v) is 4.92. The fourth-order valence-corrected chi connectivity index (χ4v) is 2.04. The number of ether oxygens (including phenoxy) is 1. The highest BCUT2D eigenvalue weighted by Gasteiger charge is 2.30. The van der Waals surface area contributed by atoms with Gasteiger partial charge in [0.25, 0.3) is 0 Å². The van der Waals surface area contributed by atoms with Gasteiger partial charge < -0.3 is 10.5 Å². The summed E-state index contributed by atoms with van der Waals surface area (Å²) < 4.78 is 39.6. The fraction of sp³-hybridized carbons (Fsp3) is 0.500. The Morgan fingerprint density at radius 3 is 2.39 bits per heavy atom. The van der Waals surface area contributed by atoms with Crippen molar-refractivity contribution in [3.63, 3.8) is 0 Å². The molecule has 0 saturated carbocycles. The molecule has 0 amide bonds. The summed E-state index contributed by atoms with van der Waals surface area (Å²) in [4.78, 5) is 0. The average molecular weight is 279 g/mol. The largest absolute Gasteiger partial charge is 0.573 e. The molecule has 1 rings (SSSR count). The number of halogens is 3. The predicted molar refractivity (Wildman–Crippen MR) is 67.8 cm³/mol. The molecule has 2 nitrogen and oxygen atoms in total. The van der Waals surface area contributed by atoms with Gasteiger partial charge in [-0.1, -0.05) is 12.1 Å². The highest BCUT2D eigenvalue weighted by atomic mass is 32.2. The van der Waals surface area contributed by atoms with Crippen LogP contribution in [0.1, 0.15) is 12.0 Å². The van der Waals surface area contributed by atoms with Gasteiger partial charge in [0.1, 0.15) is 5.75 Å². The van der Waals surface area contributed by atoms with Crippen molar-refractivity contribution in [3.8, 4) is 5.75 Å². The predicted octanol–water partition coefficient (Wildman–Crippen LogP) is 3.21. The minimum absolute atomic E-state index is 0.0341. The van der Waals surface area contributed by atoms with Gasteiger partial charge >= 0.3 is 6.36 Å². The first kappa shape index (κ1) is 15.2. The van der Waals surface area contributed by atoms with Gasteiger partial charge in [-0.2, -0.15) is 11.8 Å². The van der Waals surface area contributed by atoms with Gasteiger partial charge in [-0.05, 0) is 42.5 Å². The van der Waals surface area contributed by atoms with E-state index in [1.807, 2.05) is 6.26 Å². The standard InChI is InChI=1S/C12H16F3NOS/c1-18-7-6-10(16)8-9-2-4-11(5-3-9)17-12(13,14)15/h2-5,10H,6-8,16H2,1H3. The van der Waals surface area contributed by atoms with Crippen molar-refractivity contribution in [1.29, 1.82) is 0 Å². The first-order valence-corrected chi connectivity index (χ1v) is 6.89. The number of rotatable bonds is 6. The maximum absolute atomic E-state index is 11.9. The molecule has 1 atom stereocenters. The molecule has 0 radical (unpaired) electrons.